The summed E-state index contributed by atoms with van der Waals surface area (Å²) in [5.74, 6) is -1.72. The minimum Gasteiger partial charge on any atom is -0.471 e. The van der Waals surface area contributed by atoms with Gasteiger partial charge in [-0.1, -0.05) is 30.3 Å². The molecule has 1 aromatic carbocycles. The summed E-state index contributed by atoms with van der Waals surface area (Å²) >= 11 is 0. The van der Waals surface area contributed by atoms with Gasteiger partial charge in [-0.05, 0) is 5.56 Å². The average Bonchev–Trinajstić information content (AvgIpc) is 2.46. The molecule has 0 unspecified atom stereocenters. The molecule has 0 aliphatic rings. The number of halogens is 1. The lowest BCUT2D eigenvalue weighted by Gasteiger charge is -2.08. The van der Waals surface area contributed by atoms with E-state index in [1.54, 1.807) is 0 Å². The Labute approximate surface area is 109 Å². The lowest BCUT2D eigenvalue weighted by molar-refractivity contribution is 0.0585. The molecule has 0 atom stereocenters. The number of methoxy groups -OCH3 is 1. The molecule has 0 saturated carbocycles. The molecule has 2 rings (SSSR count). The molecule has 5 nitrogen and oxygen atoms in total. The molecule has 0 aliphatic heterocycles. The predicted molar refractivity (Wildman–Crippen MR) is 64.1 cm³/mol. The summed E-state index contributed by atoms with van der Waals surface area (Å²) in [7, 11) is 1.18. The first kappa shape index (κ1) is 12.9. The van der Waals surface area contributed by atoms with Crippen LogP contribution in [0.2, 0.25) is 0 Å². The summed E-state index contributed by atoms with van der Waals surface area (Å²) < 4.78 is 22.8. The van der Waals surface area contributed by atoms with Crippen molar-refractivity contribution in [1.29, 1.82) is 0 Å². The van der Waals surface area contributed by atoms with E-state index < -0.39 is 11.9 Å². The van der Waals surface area contributed by atoms with Crippen molar-refractivity contribution in [3.8, 4) is 5.88 Å². The number of esters is 1. The molecule has 0 bridgehead atoms. The molecule has 1 aromatic heterocycles. The maximum atomic E-state index is 13.0. The monoisotopic (exact) mass is 262 g/mol. The highest BCUT2D eigenvalue weighted by atomic mass is 19.1. The number of aromatic nitrogens is 2. The maximum absolute atomic E-state index is 13.0. The second-order valence-corrected chi connectivity index (χ2v) is 3.61. The van der Waals surface area contributed by atoms with Crippen molar-refractivity contribution in [2.45, 2.75) is 6.61 Å². The van der Waals surface area contributed by atoms with E-state index in [0.717, 1.165) is 11.8 Å². The summed E-state index contributed by atoms with van der Waals surface area (Å²) in [5, 5.41) is 0. The first-order chi connectivity index (χ1) is 9.20. The van der Waals surface area contributed by atoms with E-state index in [2.05, 4.69) is 14.7 Å². The van der Waals surface area contributed by atoms with Crippen molar-refractivity contribution in [3.05, 3.63) is 53.7 Å². The third-order valence-corrected chi connectivity index (χ3v) is 2.31. The fourth-order valence-electron chi connectivity index (χ4n) is 1.42. The Morgan fingerprint density at radius 1 is 1.32 bits per heavy atom. The quantitative estimate of drug-likeness (QED) is 0.788. The first-order valence-corrected chi connectivity index (χ1v) is 5.48. The van der Waals surface area contributed by atoms with Crippen molar-refractivity contribution in [1.82, 2.24) is 9.97 Å². The van der Waals surface area contributed by atoms with Crippen LogP contribution in [0.1, 0.15) is 16.1 Å². The molecule has 0 N–H and O–H groups in total. The van der Waals surface area contributed by atoms with Crippen LogP contribution in [0.4, 0.5) is 4.39 Å². The van der Waals surface area contributed by atoms with Crippen LogP contribution in [0, 0.1) is 5.95 Å². The maximum Gasteiger partial charge on any atom is 0.362 e. The number of hydrogen-bond donors (Lipinski definition) is 0. The van der Waals surface area contributed by atoms with E-state index >= 15 is 0 Å². The summed E-state index contributed by atoms with van der Waals surface area (Å²) in [5.41, 5.74) is 0.614. The number of rotatable bonds is 4. The van der Waals surface area contributed by atoms with Crippen LogP contribution in [0.15, 0.2) is 36.5 Å². The highest BCUT2D eigenvalue weighted by Crippen LogP contribution is 2.15. The molecular formula is C13H11FN2O3. The predicted octanol–water partition coefficient (Wildman–Crippen LogP) is 1.98. The molecule has 2 aromatic rings. The lowest BCUT2D eigenvalue weighted by Crippen LogP contribution is -2.11. The zero-order valence-electron chi connectivity index (χ0n) is 10.2. The van der Waals surface area contributed by atoms with Gasteiger partial charge in [0.05, 0.1) is 13.3 Å². The second kappa shape index (κ2) is 5.90. The second-order valence-electron chi connectivity index (χ2n) is 3.61. The normalized spacial score (nSPS) is 10.0. The summed E-state index contributed by atoms with van der Waals surface area (Å²) in [6, 6.07) is 9.30. The van der Waals surface area contributed by atoms with E-state index in [4.69, 9.17) is 4.74 Å². The van der Waals surface area contributed by atoms with Crippen molar-refractivity contribution in [2.75, 3.05) is 7.11 Å². The molecule has 0 amide bonds. The Hall–Kier alpha value is -2.50. The first-order valence-electron chi connectivity index (χ1n) is 5.48. The van der Waals surface area contributed by atoms with Gasteiger partial charge in [0, 0.05) is 0 Å². The average molecular weight is 262 g/mol. The third kappa shape index (κ3) is 3.25. The van der Waals surface area contributed by atoms with Gasteiger partial charge in [0.15, 0.2) is 0 Å². The summed E-state index contributed by atoms with van der Waals surface area (Å²) in [6.07, 6.45) is 0.882. The number of nitrogens with zero attached hydrogens (tertiary/aromatic N) is 2. The van der Waals surface area contributed by atoms with Crippen LogP contribution in [-0.2, 0) is 11.3 Å². The molecule has 0 radical (unpaired) electrons. The van der Waals surface area contributed by atoms with Crippen LogP contribution in [0.3, 0.4) is 0 Å². The molecule has 98 valence electrons. The number of ether oxygens (including phenoxy) is 2. The van der Waals surface area contributed by atoms with Crippen LogP contribution in [0.5, 0.6) is 5.88 Å². The molecular weight excluding hydrogens is 251 g/mol. The Balaban J connectivity index is 2.18. The van der Waals surface area contributed by atoms with Crippen LogP contribution < -0.4 is 4.74 Å². The minimum atomic E-state index is -0.868. The van der Waals surface area contributed by atoms with Gasteiger partial charge in [0.25, 0.3) is 0 Å². The Kier molecular flexibility index (Phi) is 4.02. The molecule has 1 heterocycles. The van der Waals surface area contributed by atoms with Crippen molar-refractivity contribution in [2.24, 2.45) is 0 Å². The van der Waals surface area contributed by atoms with Crippen LogP contribution >= 0.6 is 0 Å². The Morgan fingerprint density at radius 3 is 2.74 bits per heavy atom. The number of carbonyl (C=O) groups is 1. The summed E-state index contributed by atoms with van der Waals surface area (Å²) in [4.78, 5) is 18.6. The Morgan fingerprint density at radius 2 is 2.05 bits per heavy atom. The van der Waals surface area contributed by atoms with E-state index in [-0.39, 0.29) is 18.2 Å². The van der Waals surface area contributed by atoms with Gasteiger partial charge in [0.2, 0.25) is 17.5 Å². The molecule has 19 heavy (non-hydrogen) atoms. The molecule has 0 aliphatic carbocycles. The highest BCUT2D eigenvalue weighted by molar-refractivity contribution is 5.89. The van der Waals surface area contributed by atoms with Gasteiger partial charge in [0.1, 0.15) is 6.61 Å². The lowest BCUT2D eigenvalue weighted by atomic mass is 10.2. The van der Waals surface area contributed by atoms with Gasteiger partial charge < -0.3 is 9.47 Å². The number of carbonyl (C=O) groups excluding carboxylic acids is 1. The van der Waals surface area contributed by atoms with E-state index in [1.165, 1.54) is 7.11 Å². The molecule has 0 saturated heterocycles. The highest BCUT2D eigenvalue weighted by Gasteiger charge is 2.18. The fraction of sp³-hybridized carbons (Fsp3) is 0.154. The van der Waals surface area contributed by atoms with Crippen LogP contribution in [0.25, 0.3) is 0 Å². The Bertz CT molecular complexity index is 575. The number of benzene rings is 1. The van der Waals surface area contributed by atoms with Crippen molar-refractivity contribution < 1.29 is 18.7 Å². The van der Waals surface area contributed by atoms with Gasteiger partial charge in [-0.25, -0.2) is 14.8 Å². The largest absolute Gasteiger partial charge is 0.471 e. The zero-order valence-corrected chi connectivity index (χ0v) is 10.2. The zero-order chi connectivity index (χ0) is 13.7. The van der Waals surface area contributed by atoms with E-state index in [9.17, 15) is 9.18 Å². The van der Waals surface area contributed by atoms with E-state index in [0.29, 0.717) is 0 Å². The SMILES string of the molecule is COC(=O)c1nc(F)cnc1OCc1ccccc1. The van der Waals surface area contributed by atoms with Gasteiger partial charge in [-0.2, -0.15) is 4.39 Å². The van der Waals surface area contributed by atoms with Gasteiger partial charge >= 0.3 is 5.97 Å². The third-order valence-electron chi connectivity index (χ3n) is 2.31. The molecule has 0 fully saturated rings. The minimum absolute atomic E-state index is 0.0582. The van der Waals surface area contributed by atoms with Crippen molar-refractivity contribution >= 4 is 5.97 Å². The van der Waals surface area contributed by atoms with Gasteiger partial charge in [-0.3, -0.25) is 0 Å². The number of hydrogen-bond acceptors (Lipinski definition) is 5. The standard InChI is InChI=1S/C13H11FN2O3/c1-18-13(17)11-12(15-7-10(14)16-11)19-8-9-5-3-2-4-6-9/h2-7H,8H2,1H3. The molecule has 0 spiro atoms. The van der Waals surface area contributed by atoms with Crippen molar-refractivity contribution in [3.63, 3.8) is 0 Å². The van der Waals surface area contributed by atoms with Gasteiger partial charge in [-0.15, -0.1) is 0 Å². The smallest absolute Gasteiger partial charge is 0.362 e. The summed E-state index contributed by atoms with van der Waals surface area (Å²) in [6.45, 7) is 0.200. The fourth-order valence-corrected chi connectivity index (χ4v) is 1.42. The topological polar surface area (TPSA) is 61.3 Å². The van der Waals surface area contributed by atoms with Crippen LogP contribution in [-0.4, -0.2) is 23.0 Å². The molecule has 6 heteroatoms. The van der Waals surface area contributed by atoms with E-state index in [1.807, 2.05) is 30.3 Å².